The number of aryl methyl sites for hydroxylation is 1. The van der Waals surface area contributed by atoms with Crippen molar-refractivity contribution >= 4 is 23.5 Å². The Labute approximate surface area is 199 Å². The molecule has 12 nitrogen and oxygen atoms in total. The highest BCUT2D eigenvalue weighted by Gasteiger charge is 2.27. The van der Waals surface area contributed by atoms with Gasteiger partial charge in [0.25, 0.3) is 11.6 Å². The zero-order valence-corrected chi connectivity index (χ0v) is 19.0. The molecule has 0 saturated heterocycles. The highest BCUT2D eigenvalue weighted by Crippen LogP contribution is 2.18. The molecule has 0 aliphatic rings. The summed E-state index contributed by atoms with van der Waals surface area (Å²) in [6.45, 7) is 1.64. The lowest BCUT2D eigenvalue weighted by Crippen LogP contribution is -2.32. The van der Waals surface area contributed by atoms with Gasteiger partial charge in [-0.25, -0.2) is 9.59 Å². The number of nitrogens with one attached hydrogen (secondary N) is 1. The van der Waals surface area contributed by atoms with Gasteiger partial charge in [-0.05, 0) is 31.2 Å². The summed E-state index contributed by atoms with van der Waals surface area (Å²) in [7, 11) is 2.25. The van der Waals surface area contributed by atoms with Gasteiger partial charge in [0, 0.05) is 24.1 Å². The van der Waals surface area contributed by atoms with E-state index in [1.807, 2.05) is 0 Å². The normalized spacial score (nSPS) is 11.3. The molecule has 0 saturated carbocycles. The lowest BCUT2D eigenvalue weighted by Gasteiger charge is -2.13. The largest absolute Gasteiger partial charge is 0.466 e. The fourth-order valence-corrected chi connectivity index (χ4v) is 3.08. The average Bonchev–Trinajstić information content (AvgIpc) is 3.25. The standard InChI is InChI=1S/C23H21N5O7/c1-14-19(26-27(25-14)16-9-11-17(12-10-16)28(32)33)13-18(22(30)34-2)20(23(31)35-3)24-21(29)15-7-5-4-6-8-15/h4-12H,13H2,1-3H3,(H,24,29)/b20-18+. The first kappa shape index (κ1) is 24.8. The van der Waals surface area contributed by atoms with Crippen LogP contribution in [0.3, 0.4) is 0 Å². The Morgan fingerprint density at radius 3 is 2.17 bits per heavy atom. The van der Waals surface area contributed by atoms with Crippen LogP contribution in [0.4, 0.5) is 5.69 Å². The zero-order chi connectivity index (χ0) is 25.5. The SMILES string of the molecule is COC(=O)/C(Cc1nn(-c2ccc([N+](=O)[O-])cc2)nc1C)=C(/NC(=O)c1ccccc1)C(=O)OC. The van der Waals surface area contributed by atoms with Crippen LogP contribution < -0.4 is 5.32 Å². The van der Waals surface area contributed by atoms with E-state index in [0.717, 1.165) is 14.2 Å². The van der Waals surface area contributed by atoms with Crippen LogP contribution in [0.25, 0.3) is 5.69 Å². The maximum atomic E-state index is 12.7. The van der Waals surface area contributed by atoms with Crippen molar-refractivity contribution in [3.8, 4) is 5.69 Å². The number of ether oxygens (including phenoxy) is 2. The molecule has 1 N–H and O–H groups in total. The van der Waals surface area contributed by atoms with Gasteiger partial charge in [0.1, 0.15) is 5.70 Å². The molecule has 0 aliphatic heterocycles. The Morgan fingerprint density at radius 1 is 0.971 bits per heavy atom. The number of nitrogens with zero attached hydrogens (tertiary/aromatic N) is 4. The number of carbonyl (C=O) groups excluding carboxylic acids is 3. The number of rotatable bonds is 8. The van der Waals surface area contributed by atoms with E-state index in [9.17, 15) is 24.5 Å². The molecule has 3 aromatic rings. The molecule has 0 bridgehead atoms. The van der Waals surface area contributed by atoms with Crippen molar-refractivity contribution in [1.82, 2.24) is 20.3 Å². The number of nitro benzene ring substituents is 1. The fourth-order valence-electron chi connectivity index (χ4n) is 3.08. The maximum Gasteiger partial charge on any atom is 0.355 e. The molecule has 0 spiro atoms. The number of esters is 2. The van der Waals surface area contributed by atoms with Gasteiger partial charge in [-0.15, -0.1) is 0 Å². The maximum absolute atomic E-state index is 12.7. The second kappa shape index (κ2) is 10.8. The number of aromatic nitrogens is 3. The first-order valence-corrected chi connectivity index (χ1v) is 10.2. The van der Waals surface area contributed by atoms with Crippen molar-refractivity contribution < 1.29 is 28.8 Å². The zero-order valence-electron chi connectivity index (χ0n) is 19.0. The number of hydrogen-bond acceptors (Lipinski definition) is 9. The van der Waals surface area contributed by atoms with Crippen LogP contribution in [0.2, 0.25) is 0 Å². The number of carbonyl (C=O) groups is 3. The number of benzene rings is 2. The van der Waals surface area contributed by atoms with E-state index in [4.69, 9.17) is 9.47 Å². The summed E-state index contributed by atoms with van der Waals surface area (Å²) in [6, 6.07) is 13.7. The number of nitro groups is 1. The summed E-state index contributed by atoms with van der Waals surface area (Å²) in [5.41, 5.74) is 0.755. The topological polar surface area (TPSA) is 156 Å². The molecule has 12 heteroatoms. The van der Waals surface area contributed by atoms with E-state index in [1.165, 1.54) is 29.1 Å². The van der Waals surface area contributed by atoms with Crippen LogP contribution in [0.5, 0.6) is 0 Å². The summed E-state index contributed by atoms with van der Waals surface area (Å²) >= 11 is 0. The van der Waals surface area contributed by atoms with Crippen LogP contribution >= 0.6 is 0 Å². The second-order valence-corrected chi connectivity index (χ2v) is 7.13. The molecule has 1 heterocycles. The molecule has 0 atom stereocenters. The van der Waals surface area contributed by atoms with Gasteiger partial charge < -0.3 is 14.8 Å². The van der Waals surface area contributed by atoms with Crippen molar-refractivity contribution in [1.29, 1.82) is 0 Å². The monoisotopic (exact) mass is 479 g/mol. The lowest BCUT2D eigenvalue weighted by molar-refractivity contribution is -0.384. The van der Waals surface area contributed by atoms with E-state index in [0.29, 0.717) is 17.1 Å². The van der Waals surface area contributed by atoms with E-state index in [1.54, 1.807) is 37.3 Å². The Kier molecular flexibility index (Phi) is 7.66. The van der Waals surface area contributed by atoms with Crippen molar-refractivity contribution in [2.75, 3.05) is 14.2 Å². The van der Waals surface area contributed by atoms with Crippen molar-refractivity contribution in [3.63, 3.8) is 0 Å². The number of methoxy groups -OCH3 is 2. The molecule has 2 aromatic carbocycles. The van der Waals surface area contributed by atoms with Crippen molar-refractivity contribution in [2.24, 2.45) is 0 Å². The molecule has 0 radical (unpaired) electrons. The summed E-state index contributed by atoms with van der Waals surface area (Å²) in [5.74, 6) is -2.45. The predicted molar refractivity (Wildman–Crippen MR) is 121 cm³/mol. The molecule has 0 fully saturated rings. The Balaban J connectivity index is 2.00. The predicted octanol–water partition coefficient (Wildman–Crippen LogP) is 2.06. The van der Waals surface area contributed by atoms with Gasteiger partial charge in [-0.1, -0.05) is 18.2 Å². The van der Waals surface area contributed by atoms with Crippen LogP contribution in [-0.4, -0.2) is 52.0 Å². The van der Waals surface area contributed by atoms with Crippen LogP contribution in [0.1, 0.15) is 21.7 Å². The Bertz CT molecular complexity index is 1300. The highest BCUT2D eigenvalue weighted by molar-refractivity contribution is 6.06. The Morgan fingerprint density at radius 2 is 1.60 bits per heavy atom. The molecular weight excluding hydrogens is 458 g/mol. The molecule has 180 valence electrons. The molecule has 1 amide bonds. The highest BCUT2D eigenvalue weighted by atomic mass is 16.6. The van der Waals surface area contributed by atoms with Gasteiger partial charge in [0.2, 0.25) is 0 Å². The van der Waals surface area contributed by atoms with E-state index in [2.05, 4.69) is 15.5 Å². The fraction of sp³-hybridized carbons (Fsp3) is 0.174. The third-order valence-corrected chi connectivity index (χ3v) is 4.91. The quantitative estimate of drug-likeness (QED) is 0.221. The van der Waals surface area contributed by atoms with Crippen molar-refractivity contribution in [2.45, 2.75) is 13.3 Å². The van der Waals surface area contributed by atoms with Crippen LogP contribution in [0, 0.1) is 17.0 Å². The number of amides is 1. The molecule has 35 heavy (non-hydrogen) atoms. The second-order valence-electron chi connectivity index (χ2n) is 7.13. The van der Waals surface area contributed by atoms with Crippen LogP contribution in [-0.2, 0) is 25.5 Å². The van der Waals surface area contributed by atoms with Crippen molar-refractivity contribution in [3.05, 3.63) is 92.9 Å². The van der Waals surface area contributed by atoms with E-state index >= 15 is 0 Å². The summed E-state index contributed by atoms with van der Waals surface area (Å²) in [6.07, 6.45) is -0.217. The van der Waals surface area contributed by atoms with Crippen LogP contribution in [0.15, 0.2) is 65.9 Å². The van der Waals surface area contributed by atoms with E-state index in [-0.39, 0.29) is 23.2 Å². The lowest BCUT2D eigenvalue weighted by atomic mass is 10.1. The molecule has 3 rings (SSSR count). The molecule has 0 unspecified atom stereocenters. The smallest absolute Gasteiger partial charge is 0.355 e. The first-order valence-electron chi connectivity index (χ1n) is 10.2. The summed E-state index contributed by atoms with van der Waals surface area (Å²) in [4.78, 5) is 49.4. The molecule has 1 aromatic heterocycles. The third-order valence-electron chi connectivity index (χ3n) is 4.91. The van der Waals surface area contributed by atoms with E-state index < -0.39 is 28.5 Å². The minimum atomic E-state index is -0.949. The Hall–Kier alpha value is -4.87. The number of hydrogen-bond donors (Lipinski definition) is 1. The third kappa shape index (κ3) is 5.74. The summed E-state index contributed by atoms with van der Waals surface area (Å²) < 4.78 is 9.62. The van der Waals surface area contributed by atoms with Gasteiger partial charge in [0.15, 0.2) is 0 Å². The van der Waals surface area contributed by atoms with Gasteiger partial charge in [-0.3, -0.25) is 14.9 Å². The minimum absolute atomic E-state index is 0.0920. The summed E-state index contributed by atoms with van der Waals surface area (Å²) in [5, 5.41) is 22.0. The van der Waals surface area contributed by atoms with Gasteiger partial charge in [-0.2, -0.15) is 15.0 Å². The first-order chi connectivity index (χ1) is 16.7. The minimum Gasteiger partial charge on any atom is -0.466 e. The molecule has 0 aliphatic carbocycles. The molecular formula is C23H21N5O7. The van der Waals surface area contributed by atoms with Gasteiger partial charge in [0.05, 0.1) is 41.8 Å². The van der Waals surface area contributed by atoms with Gasteiger partial charge >= 0.3 is 11.9 Å². The average molecular weight is 479 g/mol. The number of non-ortho nitro benzene ring substituents is 1.